The summed E-state index contributed by atoms with van der Waals surface area (Å²) in [4.78, 5) is 0. The Bertz CT molecular complexity index is 43.7. The van der Waals surface area contributed by atoms with Crippen LogP contribution in [-0.2, 0) is 0 Å². The second-order valence-corrected chi connectivity index (χ2v) is 3.28. The van der Waals surface area contributed by atoms with Crippen molar-refractivity contribution in [2.75, 3.05) is 4.43 Å². The van der Waals surface area contributed by atoms with E-state index < -0.39 is 0 Å². The molecule has 0 saturated carbocycles. The molecule has 0 radical (unpaired) electrons. The van der Waals surface area contributed by atoms with E-state index in [2.05, 4.69) is 36.4 Å². The Morgan fingerprint density at radius 2 is 2.12 bits per heavy atom. The van der Waals surface area contributed by atoms with E-state index in [1.807, 2.05) is 0 Å². The minimum atomic E-state index is 0.940. The molecule has 0 saturated heterocycles. The summed E-state index contributed by atoms with van der Waals surface area (Å²) in [5, 5.41) is 0. The highest BCUT2D eigenvalue weighted by Crippen LogP contribution is 2.09. The predicted molar refractivity (Wildman–Crippen MR) is 47.6 cm³/mol. The van der Waals surface area contributed by atoms with Gasteiger partial charge in [0, 0.05) is 4.43 Å². The van der Waals surface area contributed by atoms with Crippen molar-refractivity contribution in [2.45, 2.75) is 33.1 Å². The molecule has 1 heteroatoms. The van der Waals surface area contributed by atoms with Gasteiger partial charge in [0.15, 0.2) is 0 Å². The Hall–Kier alpha value is 0.730. The van der Waals surface area contributed by atoms with Gasteiger partial charge in [-0.3, -0.25) is 0 Å². The number of hydrogen-bond donors (Lipinski definition) is 0. The van der Waals surface area contributed by atoms with E-state index >= 15 is 0 Å². The number of hydrogen-bond acceptors (Lipinski definition) is 0. The molecule has 0 fully saturated rings. The molecule has 0 aliphatic rings. The SMILES string of the molecule is CCCC[C@H](C)CI. The highest BCUT2D eigenvalue weighted by molar-refractivity contribution is 14.1. The summed E-state index contributed by atoms with van der Waals surface area (Å²) in [6.45, 7) is 4.57. The van der Waals surface area contributed by atoms with Crippen LogP contribution in [0.5, 0.6) is 0 Å². The average Bonchev–Trinajstić information content (AvgIpc) is 1.83. The van der Waals surface area contributed by atoms with Crippen LogP contribution in [0.3, 0.4) is 0 Å². The maximum absolute atomic E-state index is 2.45. The lowest BCUT2D eigenvalue weighted by atomic mass is 10.1. The zero-order valence-corrected chi connectivity index (χ0v) is 7.94. The first kappa shape index (κ1) is 8.73. The maximum Gasteiger partial charge on any atom is 0.00210 e. The molecule has 0 aromatic rings. The van der Waals surface area contributed by atoms with Gasteiger partial charge in [0.2, 0.25) is 0 Å². The highest BCUT2D eigenvalue weighted by atomic mass is 127. The van der Waals surface area contributed by atoms with Crippen LogP contribution >= 0.6 is 22.6 Å². The van der Waals surface area contributed by atoms with Gasteiger partial charge in [0.25, 0.3) is 0 Å². The molecule has 0 rings (SSSR count). The smallest absolute Gasteiger partial charge is 0.00210 e. The van der Waals surface area contributed by atoms with Crippen LogP contribution < -0.4 is 0 Å². The highest BCUT2D eigenvalue weighted by Gasteiger charge is 1.95. The average molecular weight is 226 g/mol. The van der Waals surface area contributed by atoms with Crippen LogP contribution in [-0.4, -0.2) is 4.43 Å². The Morgan fingerprint density at radius 1 is 1.50 bits per heavy atom. The van der Waals surface area contributed by atoms with Crippen LogP contribution in [0, 0.1) is 5.92 Å². The Labute approximate surface area is 66.2 Å². The second-order valence-electron chi connectivity index (χ2n) is 2.40. The van der Waals surface area contributed by atoms with Crippen molar-refractivity contribution in [3.05, 3.63) is 0 Å². The first-order chi connectivity index (χ1) is 3.81. The summed E-state index contributed by atoms with van der Waals surface area (Å²) < 4.78 is 1.32. The van der Waals surface area contributed by atoms with Gasteiger partial charge in [0.1, 0.15) is 0 Å². The fourth-order valence-corrected chi connectivity index (χ4v) is 1.07. The van der Waals surface area contributed by atoms with Crippen molar-refractivity contribution >= 4 is 22.6 Å². The van der Waals surface area contributed by atoms with Crippen molar-refractivity contribution in [3.63, 3.8) is 0 Å². The lowest BCUT2D eigenvalue weighted by Gasteiger charge is -2.03. The lowest BCUT2D eigenvalue weighted by Crippen LogP contribution is -1.93. The van der Waals surface area contributed by atoms with E-state index in [0.29, 0.717) is 0 Å². The molecule has 0 aliphatic heterocycles. The van der Waals surface area contributed by atoms with Crippen molar-refractivity contribution in [1.82, 2.24) is 0 Å². The van der Waals surface area contributed by atoms with E-state index in [0.717, 1.165) is 5.92 Å². The van der Waals surface area contributed by atoms with Crippen molar-refractivity contribution in [3.8, 4) is 0 Å². The maximum atomic E-state index is 2.45. The van der Waals surface area contributed by atoms with Gasteiger partial charge in [-0.1, -0.05) is 49.3 Å². The quantitative estimate of drug-likeness (QED) is 0.509. The third-order valence-corrected chi connectivity index (χ3v) is 2.82. The number of alkyl halides is 1. The molecule has 0 aromatic carbocycles. The van der Waals surface area contributed by atoms with Gasteiger partial charge in [0.05, 0.1) is 0 Å². The van der Waals surface area contributed by atoms with Crippen molar-refractivity contribution < 1.29 is 0 Å². The first-order valence-electron chi connectivity index (χ1n) is 3.37. The Kier molecular flexibility index (Phi) is 6.39. The van der Waals surface area contributed by atoms with Gasteiger partial charge in [-0.25, -0.2) is 0 Å². The van der Waals surface area contributed by atoms with E-state index in [1.54, 1.807) is 0 Å². The van der Waals surface area contributed by atoms with Gasteiger partial charge in [-0.05, 0) is 12.3 Å². The lowest BCUT2D eigenvalue weighted by molar-refractivity contribution is 0.564. The fraction of sp³-hybridized carbons (Fsp3) is 1.00. The summed E-state index contributed by atoms with van der Waals surface area (Å²) in [5.74, 6) is 0.940. The molecule has 0 amide bonds. The van der Waals surface area contributed by atoms with Crippen LogP contribution in [0.2, 0.25) is 0 Å². The molecular weight excluding hydrogens is 211 g/mol. The van der Waals surface area contributed by atoms with Crippen molar-refractivity contribution in [1.29, 1.82) is 0 Å². The minimum Gasteiger partial charge on any atom is -0.0861 e. The van der Waals surface area contributed by atoms with Gasteiger partial charge in [-0.2, -0.15) is 0 Å². The van der Waals surface area contributed by atoms with E-state index in [-0.39, 0.29) is 0 Å². The van der Waals surface area contributed by atoms with E-state index in [4.69, 9.17) is 0 Å². The molecule has 0 spiro atoms. The van der Waals surface area contributed by atoms with Gasteiger partial charge >= 0.3 is 0 Å². The van der Waals surface area contributed by atoms with Crippen LogP contribution in [0.1, 0.15) is 33.1 Å². The molecule has 0 N–H and O–H groups in total. The minimum absolute atomic E-state index is 0.940. The second kappa shape index (κ2) is 5.86. The molecule has 0 heterocycles. The summed E-state index contributed by atoms with van der Waals surface area (Å²) in [6, 6.07) is 0. The summed E-state index contributed by atoms with van der Waals surface area (Å²) >= 11 is 2.45. The molecule has 1 atom stereocenters. The third kappa shape index (κ3) is 4.88. The predicted octanol–water partition coefficient (Wildman–Crippen LogP) is 3.25. The molecular formula is C7H15I. The number of halogens is 1. The Morgan fingerprint density at radius 3 is 2.50 bits per heavy atom. The zero-order chi connectivity index (χ0) is 6.41. The van der Waals surface area contributed by atoms with Crippen LogP contribution in [0.4, 0.5) is 0 Å². The van der Waals surface area contributed by atoms with Gasteiger partial charge < -0.3 is 0 Å². The normalized spacial score (nSPS) is 13.9. The summed E-state index contributed by atoms with van der Waals surface area (Å²) in [6.07, 6.45) is 4.17. The van der Waals surface area contributed by atoms with Gasteiger partial charge in [-0.15, -0.1) is 0 Å². The number of unbranched alkanes of at least 4 members (excludes halogenated alkanes) is 1. The van der Waals surface area contributed by atoms with Crippen molar-refractivity contribution in [2.24, 2.45) is 5.92 Å². The number of rotatable bonds is 4. The van der Waals surface area contributed by atoms with E-state index in [1.165, 1.54) is 23.7 Å². The molecule has 0 bridgehead atoms. The standard InChI is InChI=1S/C7H15I/c1-3-4-5-7(2)6-8/h7H,3-6H2,1-2H3/t7-/m0/s1. The molecule has 50 valence electrons. The summed E-state index contributed by atoms with van der Waals surface area (Å²) in [5.41, 5.74) is 0. The molecule has 8 heavy (non-hydrogen) atoms. The largest absolute Gasteiger partial charge is 0.0861 e. The van der Waals surface area contributed by atoms with Crippen LogP contribution in [0.25, 0.3) is 0 Å². The fourth-order valence-electron chi connectivity index (χ4n) is 0.630. The zero-order valence-electron chi connectivity index (χ0n) is 5.78. The van der Waals surface area contributed by atoms with E-state index in [9.17, 15) is 0 Å². The summed E-state index contributed by atoms with van der Waals surface area (Å²) in [7, 11) is 0. The molecule has 0 aliphatic carbocycles. The molecule has 0 nitrogen and oxygen atoms in total. The van der Waals surface area contributed by atoms with Crippen LogP contribution in [0.15, 0.2) is 0 Å². The molecule has 0 aromatic heterocycles. The molecule has 0 unspecified atom stereocenters. The topological polar surface area (TPSA) is 0 Å². The first-order valence-corrected chi connectivity index (χ1v) is 4.89. The monoisotopic (exact) mass is 226 g/mol. The third-order valence-electron chi connectivity index (χ3n) is 1.31. The Balaban J connectivity index is 2.86.